The molecule has 0 atom stereocenters. The van der Waals surface area contributed by atoms with Crippen molar-refractivity contribution in [2.45, 2.75) is 0 Å². The molecule has 298 valence electrons. The number of nitrogens with zero attached hydrogens (tertiary/aromatic N) is 2. The highest BCUT2D eigenvalue weighted by Gasteiger charge is 2.25. The number of aromatic nitrogens is 2. The summed E-state index contributed by atoms with van der Waals surface area (Å²) in [5.41, 5.74) is 14.1. The van der Waals surface area contributed by atoms with E-state index in [1.807, 2.05) is 24.3 Å². The molecule has 0 N–H and O–H groups in total. The molecule has 3 heterocycles. The van der Waals surface area contributed by atoms with Crippen LogP contribution in [0.4, 0.5) is 0 Å². The fraction of sp³-hybridized carbons (Fsp3) is 0. The first kappa shape index (κ1) is 36.1. The van der Waals surface area contributed by atoms with Gasteiger partial charge in [0.25, 0.3) is 0 Å². The van der Waals surface area contributed by atoms with Crippen LogP contribution in [0, 0.1) is 0 Å². The van der Waals surface area contributed by atoms with Gasteiger partial charge in [-0.1, -0.05) is 182 Å². The van der Waals surface area contributed by atoms with E-state index in [0.29, 0.717) is 5.82 Å². The summed E-state index contributed by atoms with van der Waals surface area (Å²) in [5.74, 6) is 0.596. The van der Waals surface area contributed by atoms with Crippen LogP contribution in [0.3, 0.4) is 0 Å². The molecule has 0 aliphatic heterocycles. The van der Waals surface area contributed by atoms with Gasteiger partial charge in [-0.25, -0.2) is 9.97 Å². The first-order valence-electron chi connectivity index (χ1n) is 21.6. The molecule has 13 aromatic rings. The number of rotatable bonds is 6. The Morgan fingerprint density at radius 3 is 1.33 bits per heavy atom. The second-order valence-electron chi connectivity index (χ2n) is 16.4. The minimum Gasteiger partial charge on any atom is -0.455 e. The average molecular weight is 817 g/mol. The molecule has 13 rings (SSSR count). The highest BCUT2D eigenvalue weighted by atomic mass is 16.3. The number of furan rings is 2. The summed E-state index contributed by atoms with van der Waals surface area (Å²) in [6.45, 7) is 0. The van der Waals surface area contributed by atoms with Gasteiger partial charge in [-0.3, -0.25) is 0 Å². The summed E-state index contributed by atoms with van der Waals surface area (Å²) in [6, 6.07) is 76.9. The van der Waals surface area contributed by atoms with Crippen molar-refractivity contribution >= 4 is 65.4 Å². The quantitative estimate of drug-likeness (QED) is 0.168. The molecule has 10 aromatic carbocycles. The van der Waals surface area contributed by atoms with E-state index in [1.165, 1.54) is 10.8 Å². The van der Waals surface area contributed by atoms with Crippen molar-refractivity contribution in [3.63, 3.8) is 0 Å². The van der Waals surface area contributed by atoms with E-state index >= 15 is 0 Å². The maximum absolute atomic E-state index is 6.68. The molecule has 0 radical (unpaired) electrons. The van der Waals surface area contributed by atoms with Gasteiger partial charge in [-0.05, 0) is 85.8 Å². The van der Waals surface area contributed by atoms with Crippen LogP contribution in [0.15, 0.2) is 227 Å². The zero-order valence-corrected chi connectivity index (χ0v) is 34.5. The summed E-state index contributed by atoms with van der Waals surface area (Å²) in [5, 5.41) is 8.89. The lowest BCUT2D eigenvalue weighted by molar-refractivity contribution is 0.669. The molecule has 4 nitrogen and oxygen atoms in total. The molecule has 0 amide bonds. The summed E-state index contributed by atoms with van der Waals surface area (Å²) < 4.78 is 13.4. The van der Waals surface area contributed by atoms with Crippen LogP contribution < -0.4 is 0 Å². The molecule has 0 bridgehead atoms. The summed E-state index contributed by atoms with van der Waals surface area (Å²) >= 11 is 0. The summed E-state index contributed by atoms with van der Waals surface area (Å²) in [4.78, 5) is 11.2. The van der Waals surface area contributed by atoms with Crippen LogP contribution in [0.5, 0.6) is 0 Å². The fourth-order valence-electron chi connectivity index (χ4n) is 9.84. The Morgan fingerprint density at radius 1 is 0.281 bits per heavy atom. The smallest absolute Gasteiger partial charge is 0.161 e. The number of fused-ring (bicyclic) bond motifs is 8. The molecule has 0 saturated heterocycles. The molecule has 0 spiro atoms. The van der Waals surface area contributed by atoms with Gasteiger partial charge >= 0.3 is 0 Å². The molecule has 3 aromatic heterocycles. The molecular weight excluding hydrogens is 781 g/mol. The van der Waals surface area contributed by atoms with Crippen molar-refractivity contribution in [2.24, 2.45) is 0 Å². The Balaban J connectivity index is 1.17. The van der Waals surface area contributed by atoms with Crippen LogP contribution in [-0.4, -0.2) is 9.97 Å². The topological polar surface area (TPSA) is 52.1 Å². The van der Waals surface area contributed by atoms with Gasteiger partial charge in [0.05, 0.1) is 11.4 Å². The first-order chi connectivity index (χ1) is 31.7. The van der Waals surface area contributed by atoms with E-state index in [-0.39, 0.29) is 0 Å². The van der Waals surface area contributed by atoms with Crippen molar-refractivity contribution < 1.29 is 8.83 Å². The lowest BCUT2D eigenvalue weighted by atomic mass is 9.82. The van der Waals surface area contributed by atoms with E-state index in [2.05, 4.69) is 194 Å². The molecule has 0 unspecified atom stereocenters. The van der Waals surface area contributed by atoms with Crippen LogP contribution in [0.2, 0.25) is 0 Å². The molecule has 4 heteroatoms. The predicted octanol–water partition coefficient (Wildman–Crippen LogP) is 16.6. The summed E-state index contributed by atoms with van der Waals surface area (Å²) in [7, 11) is 0. The van der Waals surface area contributed by atoms with Crippen LogP contribution in [0.25, 0.3) is 133 Å². The number of hydrogen-bond donors (Lipinski definition) is 0. The molecule has 0 aliphatic rings. The Hall–Kier alpha value is -8.60. The van der Waals surface area contributed by atoms with Crippen molar-refractivity contribution in [3.8, 4) is 67.3 Å². The first-order valence-corrected chi connectivity index (χ1v) is 21.6. The van der Waals surface area contributed by atoms with E-state index in [1.54, 1.807) is 0 Å². The number of benzene rings is 10. The normalized spacial score (nSPS) is 11.8. The molecule has 0 saturated carbocycles. The fourth-order valence-corrected chi connectivity index (χ4v) is 9.84. The van der Waals surface area contributed by atoms with Gasteiger partial charge < -0.3 is 8.83 Å². The van der Waals surface area contributed by atoms with Crippen LogP contribution in [-0.2, 0) is 0 Å². The van der Waals surface area contributed by atoms with Gasteiger partial charge in [0.2, 0.25) is 0 Å². The Morgan fingerprint density at radius 2 is 0.719 bits per heavy atom. The third-order valence-corrected chi connectivity index (χ3v) is 12.7. The largest absolute Gasteiger partial charge is 0.455 e. The predicted molar refractivity (Wildman–Crippen MR) is 264 cm³/mol. The maximum Gasteiger partial charge on any atom is 0.161 e. The second kappa shape index (κ2) is 14.5. The zero-order valence-electron chi connectivity index (χ0n) is 34.5. The molecule has 64 heavy (non-hydrogen) atoms. The lowest BCUT2D eigenvalue weighted by Gasteiger charge is -2.22. The van der Waals surface area contributed by atoms with E-state index in [9.17, 15) is 0 Å². The van der Waals surface area contributed by atoms with E-state index in [0.717, 1.165) is 116 Å². The maximum atomic E-state index is 6.68. The Kier molecular flexibility index (Phi) is 8.18. The minimum absolute atomic E-state index is 0.596. The molecule has 0 fully saturated rings. The zero-order chi connectivity index (χ0) is 42.1. The van der Waals surface area contributed by atoms with Crippen LogP contribution in [0.1, 0.15) is 0 Å². The Bertz CT molecular complexity index is 3830. The van der Waals surface area contributed by atoms with Crippen LogP contribution >= 0.6 is 0 Å². The van der Waals surface area contributed by atoms with E-state index < -0.39 is 0 Å². The van der Waals surface area contributed by atoms with Gasteiger partial charge in [0, 0.05) is 43.8 Å². The van der Waals surface area contributed by atoms with Crippen molar-refractivity contribution in [2.75, 3.05) is 0 Å². The number of para-hydroxylation sites is 4. The van der Waals surface area contributed by atoms with Gasteiger partial charge in [0.15, 0.2) is 5.82 Å². The summed E-state index contributed by atoms with van der Waals surface area (Å²) in [6.07, 6.45) is 0. The monoisotopic (exact) mass is 816 g/mol. The SMILES string of the molecule is c1ccc(-c2c(-c3cccc4ccccc34)ccc(-c3nc(-c4cccc5c4oc4ccccc45)cc(-c4cccc5c4oc4ccccc45)n3)c2-c2cccc3ccccc23)cc1. The molecular formula is C60H36N2O2. The highest BCUT2D eigenvalue weighted by molar-refractivity contribution is 6.13. The number of hydrogen-bond acceptors (Lipinski definition) is 4. The van der Waals surface area contributed by atoms with Gasteiger partial charge in [-0.2, -0.15) is 0 Å². The van der Waals surface area contributed by atoms with Gasteiger partial charge in [0.1, 0.15) is 22.3 Å². The second-order valence-corrected chi connectivity index (χ2v) is 16.4. The van der Waals surface area contributed by atoms with Crippen molar-refractivity contribution in [3.05, 3.63) is 218 Å². The average Bonchev–Trinajstić information content (AvgIpc) is 3.95. The third kappa shape index (κ3) is 5.70. The third-order valence-electron chi connectivity index (χ3n) is 12.7. The van der Waals surface area contributed by atoms with E-state index in [4.69, 9.17) is 18.8 Å². The Labute approximate surface area is 368 Å². The van der Waals surface area contributed by atoms with Gasteiger partial charge in [-0.15, -0.1) is 0 Å². The van der Waals surface area contributed by atoms with Crippen molar-refractivity contribution in [1.29, 1.82) is 0 Å². The lowest BCUT2D eigenvalue weighted by Crippen LogP contribution is -2.00. The standard InChI is InChI=1S/C60H36N2O2/c1-2-18-39(19-3-1)56-46(42-26-12-20-37-16-4-6-22-40(37)42)34-35-51(57(56)45-27-13-21-38-17-5-7-23-41(38)45)60-61-52(49-30-14-28-47-43-24-8-10-32-54(43)63-58(47)49)36-53(62-60)50-31-15-29-48-44-25-9-11-33-55(44)64-59(48)50/h1-36H. The molecule has 0 aliphatic carbocycles. The van der Waals surface area contributed by atoms with Crippen molar-refractivity contribution in [1.82, 2.24) is 9.97 Å². The minimum atomic E-state index is 0.596. The highest BCUT2D eigenvalue weighted by Crippen LogP contribution is 2.49.